The van der Waals surface area contributed by atoms with Gasteiger partial charge >= 0.3 is 6.09 Å². The number of carbonyl (C=O) groups is 1. The molecule has 0 bridgehead atoms. The number of halogens is 3. The Hall–Kier alpha value is -0.210. The first-order chi connectivity index (χ1) is 9.52. The molecule has 0 aliphatic rings. The highest BCUT2D eigenvalue weighted by Crippen LogP contribution is 2.55. The smallest absolute Gasteiger partial charge is 0.442 e. The zero-order valence-electron chi connectivity index (χ0n) is 12.5. The van der Waals surface area contributed by atoms with Gasteiger partial charge in [0.2, 0.25) is 3.79 Å². The number of nitrogens with zero attached hydrogens (tertiary/aromatic N) is 1. The molecule has 0 spiro atoms. The van der Waals surface area contributed by atoms with Crippen LogP contribution in [-0.2, 0) is 4.74 Å². The predicted octanol–water partition coefficient (Wildman–Crippen LogP) is 5.38. The van der Waals surface area contributed by atoms with E-state index in [1.54, 1.807) is 4.67 Å². The molecule has 1 aromatic rings. The molecule has 21 heavy (non-hydrogen) atoms. The van der Waals surface area contributed by atoms with Gasteiger partial charge in [0.1, 0.15) is 14.0 Å². The third kappa shape index (κ3) is 6.20. The van der Waals surface area contributed by atoms with Crippen LogP contribution in [0.25, 0.3) is 0 Å². The van der Waals surface area contributed by atoms with Crippen molar-refractivity contribution < 1.29 is 9.53 Å². The van der Waals surface area contributed by atoms with Crippen LogP contribution in [0, 0.1) is 0 Å². The van der Waals surface area contributed by atoms with Crippen LogP contribution in [0.15, 0.2) is 30.3 Å². The van der Waals surface area contributed by atoms with E-state index in [0.29, 0.717) is 0 Å². The minimum atomic E-state index is -1.66. The van der Waals surface area contributed by atoms with Gasteiger partial charge in [-0.05, 0) is 12.5 Å². The van der Waals surface area contributed by atoms with Gasteiger partial charge in [-0.15, -0.1) is 0 Å². The molecule has 118 valence electrons. The van der Waals surface area contributed by atoms with Crippen LogP contribution < -0.4 is 0 Å². The van der Waals surface area contributed by atoms with Crippen LogP contribution >= 0.6 is 42.2 Å². The Morgan fingerprint density at radius 2 is 1.76 bits per heavy atom. The quantitative estimate of drug-likeness (QED) is 0.525. The van der Waals surface area contributed by atoms with E-state index in [1.807, 2.05) is 57.3 Å². The average Bonchev–Trinajstić information content (AvgIpc) is 2.35. The third-order valence-electron chi connectivity index (χ3n) is 2.84. The molecule has 0 saturated carbocycles. The van der Waals surface area contributed by atoms with E-state index >= 15 is 0 Å². The molecule has 3 nitrogen and oxygen atoms in total. The van der Waals surface area contributed by atoms with E-state index in [0.717, 1.165) is 5.56 Å². The summed E-state index contributed by atoms with van der Waals surface area (Å²) >= 11 is 16.9. The van der Waals surface area contributed by atoms with Crippen molar-refractivity contribution in [2.45, 2.75) is 16.8 Å². The molecule has 1 rings (SSSR count). The summed E-state index contributed by atoms with van der Waals surface area (Å²) in [6.07, 6.45) is -0.460. The fourth-order valence-corrected chi connectivity index (χ4v) is 3.89. The fourth-order valence-electron chi connectivity index (χ4n) is 2.01. The van der Waals surface area contributed by atoms with Gasteiger partial charge in [0.05, 0.1) is 26.0 Å². The van der Waals surface area contributed by atoms with Crippen molar-refractivity contribution in [2.75, 3.05) is 26.6 Å². The van der Waals surface area contributed by atoms with E-state index in [2.05, 4.69) is 0 Å². The summed E-state index contributed by atoms with van der Waals surface area (Å²) < 4.78 is 5.30. The number of carbonyl (C=O) groups excluding carboxylic acids is 1. The number of alkyl halides is 3. The lowest BCUT2D eigenvalue weighted by molar-refractivity contribution is 0.120. The number of benzene rings is 1. The van der Waals surface area contributed by atoms with Gasteiger partial charge in [0.25, 0.3) is 0 Å². The van der Waals surface area contributed by atoms with E-state index in [-0.39, 0.29) is 12.6 Å². The number of amides is 1. The lowest BCUT2D eigenvalue weighted by atomic mass is 10.1. The van der Waals surface area contributed by atoms with Crippen molar-refractivity contribution in [2.24, 2.45) is 0 Å². The minimum Gasteiger partial charge on any atom is -0.443 e. The van der Waals surface area contributed by atoms with Crippen molar-refractivity contribution in [1.29, 1.82) is 0 Å². The second kappa shape index (κ2) is 7.37. The van der Waals surface area contributed by atoms with E-state index < -0.39 is 17.3 Å². The molecule has 0 saturated heterocycles. The summed E-state index contributed by atoms with van der Waals surface area (Å²) in [7, 11) is -1.66. The summed E-state index contributed by atoms with van der Waals surface area (Å²) in [6.45, 7) is 7.83. The van der Waals surface area contributed by atoms with Crippen molar-refractivity contribution in [3.05, 3.63) is 35.9 Å². The number of ether oxygens (including phenoxy) is 1. The van der Waals surface area contributed by atoms with Crippen LogP contribution in [-0.4, -0.2) is 41.2 Å². The zero-order valence-corrected chi connectivity index (χ0v) is 15.7. The first kappa shape index (κ1) is 18.8. The third-order valence-corrected chi connectivity index (χ3v) is 4.97. The molecule has 1 aromatic carbocycles. The Bertz CT molecular complexity index is 471. The molecule has 0 N–H and O–H groups in total. The van der Waals surface area contributed by atoms with Crippen LogP contribution in [0.5, 0.6) is 0 Å². The van der Waals surface area contributed by atoms with Gasteiger partial charge in [-0.25, -0.2) is 4.79 Å². The predicted molar refractivity (Wildman–Crippen MR) is 93.0 cm³/mol. The van der Waals surface area contributed by atoms with Crippen LogP contribution in [0.2, 0.25) is 0 Å². The maximum Gasteiger partial charge on any atom is 0.442 e. The summed E-state index contributed by atoms with van der Waals surface area (Å²) in [5.74, 6) is 0. The molecule has 0 heterocycles. The average molecular weight is 372 g/mol. The first-order valence-electron chi connectivity index (χ1n) is 6.42. The van der Waals surface area contributed by atoms with Gasteiger partial charge in [0, 0.05) is 0 Å². The number of hydrogen-bond donors (Lipinski definition) is 0. The zero-order chi connectivity index (χ0) is 16.3. The van der Waals surface area contributed by atoms with Crippen molar-refractivity contribution >= 4 is 48.3 Å². The lowest BCUT2D eigenvalue weighted by Crippen LogP contribution is -2.34. The monoisotopic (exact) mass is 370 g/mol. The highest BCUT2D eigenvalue weighted by atomic mass is 35.6. The molecular weight excluding hydrogens is 351 g/mol. The van der Waals surface area contributed by atoms with Crippen molar-refractivity contribution in [3.63, 3.8) is 0 Å². The van der Waals surface area contributed by atoms with Crippen LogP contribution in [0.1, 0.15) is 18.5 Å². The molecule has 0 fully saturated rings. The highest BCUT2D eigenvalue weighted by molar-refractivity contribution is 7.72. The maximum absolute atomic E-state index is 12.4. The van der Waals surface area contributed by atoms with E-state index in [1.165, 1.54) is 0 Å². The fraction of sp³-hybridized carbons (Fsp3) is 0.500. The molecular formula is C14H20Cl3NO2P+. The molecule has 7 heteroatoms. The first-order valence-corrected chi connectivity index (χ1v) is 10.6. The Kier molecular flexibility index (Phi) is 6.61. The van der Waals surface area contributed by atoms with Gasteiger partial charge in [-0.3, -0.25) is 0 Å². The molecule has 0 aliphatic carbocycles. The summed E-state index contributed by atoms with van der Waals surface area (Å²) in [5, 5.41) is 0. The molecule has 1 atom stereocenters. The molecule has 0 radical (unpaired) electrons. The topological polar surface area (TPSA) is 29.5 Å². The largest absolute Gasteiger partial charge is 0.443 e. The van der Waals surface area contributed by atoms with E-state index in [4.69, 9.17) is 39.5 Å². The van der Waals surface area contributed by atoms with Crippen molar-refractivity contribution in [1.82, 2.24) is 4.67 Å². The van der Waals surface area contributed by atoms with Gasteiger partial charge in [-0.1, -0.05) is 65.1 Å². The minimum absolute atomic E-state index is 0.109. The molecule has 1 unspecified atom stereocenters. The highest BCUT2D eigenvalue weighted by Gasteiger charge is 2.40. The van der Waals surface area contributed by atoms with Gasteiger partial charge in [0.15, 0.2) is 0 Å². The molecule has 0 aromatic heterocycles. The normalized spacial score (nSPS) is 13.7. The van der Waals surface area contributed by atoms with Crippen LogP contribution in [0.3, 0.4) is 0 Å². The molecule has 0 aliphatic heterocycles. The second-order valence-corrected chi connectivity index (χ2v) is 12.4. The Morgan fingerprint density at radius 1 is 1.24 bits per heavy atom. The Balaban J connectivity index is 2.94. The second-order valence-electron chi connectivity index (χ2n) is 5.54. The maximum atomic E-state index is 12.4. The van der Waals surface area contributed by atoms with Crippen LogP contribution in [0.4, 0.5) is 4.79 Å². The Labute approximate surface area is 141 Å². The number of rotatable bonds is 4. The SMILES string of the molecule is CC(c1ccccc1)N(C(=O)OCC(Cl)(Cl)Cl)[P+](C)(C)C. The van der Waals surface area contributed by atoms with E-state index in [9.17, 15) is 4.79 Å². The standard InChI is InChI=1S/C14H20Cl3NO2P/c1-11(12-8-6-5-7-9-12)18(21(2,3)4)13(19)20-10-14(15,16)17/h5-9,11H,10H2,1-4H3/q+1. The molecule has 1 amide bonds. The Morgan fingerprint density at radius 3 is 2.19 bits per heavy atom. The number of hydrogen-bond acceptors (Lipinski definition) is 2. The summed E-state index contributed by atoms with van der Waals surface area (Å²) in [4.78, 5) is 12.4. The van der Waals surface area contributed by atoms with Crippen molar-refractivity contribution in [3.8, 4) is 0 Å². The summed E-state index contributed by atoms with van der Waals surface area (Å²) in [5.41, 5.74) is 1.04. The lowest BCUT2D eigenvalue weighted by Gasteiger charge is -2.33. The van der Waals surface area contributed by atoms with Gasteiger partial charge in [-0.2, -0.15) is 4.67 Å². The van der Waals surface area contributed by atoms with Gasteiger partial charge < -0.3 is 4.74 Å². The summed E-state index contributed by atoms with van der Waals surface area (Å²) in [6, 6.07) is 9.68.